The number of rotatable bonds is 2. The van der Waals surface area contributed by atoms with Gasteiger partial charge in [-0.1, -0.05) is 20.8 Å². The van der Waals surface area contributed by atoms with Gasteiger partial charge in [0.2, 0.25) is 0 Å². The molecule has 1 N–H and O–H groups in total. The summed E-state index contributed by atoms with van der Waals surface area (Å²) in [5, 5.41) is 2.82. The average molecular weight is 297 g/mol. The van der Waals surface area contributed by atoms with Crippen LogP contribution in [0.25, 0.3) is 0 Å². The van der Waals surface area contributed by atoms with Crippen LogP contribution < -0.4 is 5.32 Å². The van der Waals surface area contributed by atoms with Crippen molar-refractivity contribution in [1.82, 2.24) is 5.32 Å². The summed E-state index contributed by atoms with van der Waals surface area (Å²) in [5.74, 6) is 0. The summed E-state index contributed by atoms with van der Waals surface area (Å²) in [7, 11) is 3.51. The Hall–Kier alpha value is 0.648. The van der Waals surface area contributed by atoms with Crippen LogP contribution in [0.2, 0.25) is 0 Å². The third-order valence-electron chi connectivity index (χ3n) is 0.859. The van der Waals surface area contributed by atoms with Crippen LogP contribution in [0, 0.1) is 18.9 Å². The molecule has 0 bridgehead atoms. The smallest absolute Gasteiger partial charge is 0.498 e. The molecular weight excluding hydrogens is 282 g/mol. The Bertz CT molecular complexity index is 56.4. The van der Waals surface area contributed by atoms with Crippen LogP contribution in [0.4, 0.5) is 0 Å². The van der Waals surface area contributed by atoms with Gasteiger partial charge in [0.15, 0.2) is 0 Å². The Balaban J connectivity index is 0. The van der Waals surface area contributed by atoms with Gasteiger partial charge in [-0.25, -0.2) is 0 Å². The zero-order valence-electron chi connectivity index (χ0n) is 6.40. The predicted octanol–water partition coefficient (Wildman–Crippen LogP) is 1.62. The molecule has 2 heteroatoms. The minimum Gasteiger partial charge on any atom is -0.498 e. The molecule has 54 valence electrons. The van der Waals surface area contributed by atoms with Crippen molar-refractivity contribution in [2.45, 2.75) is 20.8 Å². The van der Waals surface area contributed by atoms with Gasteiger partial charge in [0.05, 0.1) is 0 Å². The van der Waals surface area contributed by atoms with Crippen LogP contribution in [-0.4, -0.2) is 6.54 Å². The fourth-order valence-electron chi connectivity index (χ4n) is 0.378. The number of hydrogen-bond donors (Lipinski definition) is 1. The first-order chi connectivity index (χ1) is 3.56. The summed E-state index contributed by atoms with van der Waals surface area (Å²) in [4.78, 5) is 0. The molecule has 0 rings (SSSR count). The summed E-state index contributed by atoms with van der Waals surface area (Å²) >= 11 is 0. The molecule has 0 aromatic carbocycles. The molecule has 0 saturated carbocycles. The molecule has 0 spiro atoms. The predicted molar refractivity (Wildman–Crippen MR) is 37.1 cm³/mol. The van der Waals surface area contributed by atoms with E-state index in [0.717, 1.165) is 6.54 Å². The average Bonchev–Trinajstić information content (AvgIpc) is 1.59. The van der Waals surface area contributed by atoms with Crippen molar-refractivity contribution in [1.29, 1.82) is 0 Å². The fourth-order valence-corrected chi connectivity index (χ4v) is 0.378. The van der Waals surface area contributed by atoms with Crippen LogP contribution in [0.1, 0.15) is 20.8 Å². The zero-order chi connectivity index (χ0) is 6.62. The van der Waals surface area contributed by atoms with E-state index in [0.29, 0.717) is 5.41 Å². The molecule has 0 aliphatic carbocycles. The van der Waals surface area contributed by atoms with Crippen LogP contribution in [-0.2, 0) is 21.1 Å². The molecule has 9 heavy (non-hydrogen) atoms. The minimum absolute atomic E-state index is 0. The Morgan fingerprint density at radius 1 is 1.44 bits per heavy atom. The van der Waals surface area contributed by atoms with Gasteiger partial charge in [0, 0.05) is 0 Å². The summed E-state index contributed by atoms with van der Waals surface area (Å²) in [6.45, 7) is 7.41. The van der Waals surface area contributed by atoms with Crippen LogP contribution in [0.15, 0.2) is 0 Å². The first kappa shape index (κ1) is 12.3. The number of hydrogen-bond acceptors (Lipinski definition) is 1. The maximum absolute atomic E-state index is 3.51. The summed E-state index contributed by atoms with van der Waals surface area (Å²) in [6, 6.07) is 0. The SMILES string of the molecule is [CH2-]NC[CH-]C(C)(C)C.[W+2]. The van der Waals surface area contributed by atoms with Gasteiger partial charge < -0.3 is 11.7 Å². The van der Waals surface area contributed by atoms with Crippen LogP contribution in [0.5, 0.6) is 0 Å². The normalized spacial score (nSPS) is 10.7. The van der Waals surface area contributed by atoms with E-state index >= 15 is 0 Å². The molecule has 0 aliphatic heterocycles. The second-order valence-corrected chi connectivity index (χ2v) is 3.02. The van der Waals surface area contributed by atoms with Crippen molar-refractivity contribution in [2.24, 2.45) is 5.41 Å². The van der Waals surface area contributed by atoms with Crippen LogP contribution >= 0.6 is 0 Å². The van der Waals surface area contributed by atoms with Gasteiger partial charge in [0.25, 0.3) is 0 Å². The van der Waals surface area contributed by atoms with Crippen molar-refractivity contribution in [2.75, 3.05) is 6.54 Å². The molecule has 0 aromatic heterocycles. The Kier molecular flexibility index (Phi) is 7.45. The molecule has 0 aliphatic rings. The Labute approximate surface area is 72.9 Å². The molecule has 0 unspecified atom stereocenters. The van der Waals surface area contributed by atoms with E-state index in [4.69, 9.17) is 0 Å². The fraction of sp³-hybridized carbons (Fsp3) is 0.714. The summed E-state index contributed by atoms with van der Waals surface area (Å²) < 4.78 is 0. The van der Waals surface area contributed by atoms with Crippen molar-refractivity contribution >= 4 is 0 Å². The van der Waals surface area contributed by atoms with Gasteiger partial charge >= 0.3 is 21.1 Å². The van der Waals surface area contributed by atoms with Gasteiger partial charge in [-0.3, -0.25) is 7.05 Å². The van der Waals surface area contributed by atoms with Gasteiger partial charge in [-0.05, 0) is 0 Å². The van der Waals surface area contributed by atoms with Crippen molar-refractivity contribution < 1.29 is 21.1 Å². The van der Waals surface area contributed by atoms with E-state index < -0.39 is 0 Å². The van der Waals surface area contributed by atoms with Gasteiger partial charge in [0.1, 0.15) is 0 Å². The van der Waals surface area contributed by atoms with Crippen molar-refractivity contribution in [3.8, 4) is 0 Å². The summed E-state index contributed by atoms with van der Waals surface area (Å²) in [5.41, 5.74) is 0.324. The number of nitrogens with one attached hydrogen (secondary N) is 1. The summed E-state index contributed by atoms with van der Waals surface area (Å²) in [6.07, 6.45) is 2.19. The molecule has 0 radical (unpaired) electrons. The maximum Gasteiger partial charge on any atom is 2.00 e. The molecule has 0 amide bonds. The molecule has 0 aromatic rings. The van der Waals surface area contributed by atoms with E-state index in [-0.39, 0.29) is 21.1 Å². The monoisotopic (exact) mass is 297 g/mol. The third kappa shape index (κ3) is 12.0. The standard InChI is InChI=1S/C7H15N.W/c1-7(2,3)5-6-8-4;/h5,8H,4,6H2,1-3H3;/q-2;+2. The maximum atomic E-state index is 3.51. The first-order valence-electron chi connectivity index (χ1n) is 2.90. The Morgan fingerprint density at radius 2 is 1.89 bits per heavy atom. The topological polar surface area (TPSA) is 12.0 Å². The third-order valence-corrected chi connectivity index (χ3v) is 0.859. The molecule has 0 atom stereocenters. The second-order valence-electron chi connectivity index (χ2n) is 3.02. The van der Waals surface area contributed by atoms with Crippen molar-refractivity contribution in [3.05, 3.63) is 13.5 Å². The van der Waals surface area contributed by atoms with E-state index in [1.54, 1.807) is 0 Å². The largest absolute Gasteiger partial charge is 2.00 e. The van der Waals surface area contributed by atoms with E-state index in [9.17, 15) is 0 Å². The minimum atomic E-state index is 0. The van der Waals surface area contributed by atoms with E-state index in [2.05, 4.69) is 39.6 Å². The van der Waals surface area contributed by atoms with Gasteiger partial charge in [-0.15, -0.1) is 0 Å². The zero-order valence-corrected chi connectivity index (χ0v) is 9.33. The van der Waals surface area contributed by atoms with E-state index in [1.165, 1.54) is 0 Å². The second kappa shape index (κ2) is 5.43. The van der Waals surface area contributed by atoms with Crippen molar-refractivity contribution in [3.63, 3.8) is 0 Å². The van der Waals surface area contributed by atoms with Crippen LogP contribution in [0.3, 0.4) is 0 Å². The molecule has 0 saturated heterocycles. The van der Waals surface area contributed by atoms with Gasteiger partial charge in [-0.2, -0.15) is 12.0 Å². The first-order valence-corrected chi connectivity index (χ1v) is 2.90. The Morgan fingerprint density at radius 3 is 2.00 bits per heavy atom. The molecule has 0 heterocycles. The quantitative estimate of drug-likeness (QED) is 0.764. The molecule has 0 fully saturated rings. The molecule has 1 nitrogen and oxygen atoms in total. The van der Waals surface area contributed by atoms with E-state index in [1.807, 2.05) is 0 Å². The molecular formula is C7H15NW.